The smallest absolute Gasteiger partial charge is 0.228 e. The molecule has 1 aromatic rings. The maximum absolute atomic E-state index is 12.3. The second-order valence-corrected chi connectivity index (χ2v) is 7.10. The molecule has 2 rings (SSSR count). The Morgan fingerprint density at radius 3 is 2.64 bits per heavy atom. The van der Waals surface area contributed by atoms with Gasteiger partial charge in [-0.3, -0.25) is 9.89 Å². The van der Waals surface area contributed by atoms with Gasteiger partial charge in [0.2, 0.25) is 5.91 Å². The third-order valence-corrected chi connectivity index (χ3v) is 4.50. The number of hydrogen-bond donors (Lipinski definition) is 2. The van der Waals surface area contributed by atoms with E-state index in [1.807, 2.05) is 6.07 Å². The van der Waals surface area contributed by atoms with E-state index in [0.29, 0.717) is 17.8 Å². The molecule has 0 saturated carbocycles. The number of nitrogens with one attached hydrogen (secondary N) is 2. The number of anilines is 1. The van der Waals surface area contributed by atoms with Crippen LogP contribution in [0, 0.1) is 11.8 Å². The molecule has 0 aromatic carbocycles. The Labute approximate surface area is 133 Å². The van der Waals surface area contributed by atoms with Crippen molar-refractivity contribution in [3.05, 3.63) is 11.8 Å². The highest BCUT2D eigenvalue weighted by molar-refractivity contribution is 5.91. The minimum absolute atomic E-state index is 0.116. The van der Waals surface area contributed by atoms with Crippen LogP contribution in [0.25, 0.3) is 0 Å². The summed E-state index contributed by atoms with van der Waals surface area (Å²) in [5.41, 5.74) is 1.10. The van der Waals surface area contributed by atoms with E-state index >= 15 is 0 Å². The number of piperidine rings is 1. The van der Waals surface area contributed by atoms with Gasteiger partial charge < -0.3 is 10.2 Å². The second kappa shape index (κ2) is 7.77. The number of rotatable bonds is 6. The fraction of sp³-hybridized carbons (Fsp3) is 0.765. The van der Waals surface area contributed by atoms with Gasteiger partial charge in [-0.2, -0.15) is 5.10 Å². The number of aromatic nitrogens is 2. The Morgan fingerprint density at radius 1 is 1.36 bits per heavy atom. The van der Waals surface area contributed by atoms with Crippen LogP contribution in [0.2, 0.25) is 0 Å². The first-order valence-electron chi connectivity index (χ1n) is 8.55. The van der Waals surface area contributed by atoms with Crippen molar-refractivity contribution in [3.63, 3.8) is 0 Å². The Bertz CT molecular complexity index is 473. The van der Waals surface area contributed by atoms with Crippen molar-refractivity contribution < 1.29 is 4.79 Å². The molecule has 0 unspecified atom stereocenters. The van der Waals surface area contributed by atoms with E-state index in [9.17, 15) is 4.79 Å². The van der Waals surface area contributed by atoms with E-state index in [0.717, 1.165) is 44.5 Å². The quantitative estimate of drug-likeness (QED) is 0.849. The average molecular weight is 306 g/mol. The van der Waals surface area contributed by atoms with Crippen molar-refractivity contribution in [3.8, 4) is 0 Å². The highest BCUT2D eigenvalue weighted by Crippen LogP contribution is 2.20. The summed E-state index contributed by atoms with van der Waals surface area (Å²) in [5.74, 6) is 1.57. The molecule has 1 amide bonds. The number of carbonyl (C=O) groups is 1. The third kappa shape index (κ3) is 4.83. The first kappa shape index (κ1) is 17.0. The van der Waals surface area contributed by atoms with Gasteiger partial charge in [0.1, 0.15) is 0 Å². The zero-order valence-corrected chi connectivity index (χ0v) is 14.4. The summed E-state index contributed by atoms with van der Waals surface area (Å²) in [6, 6.07) is 2.53. The monoisotopic (exact) mass is 306 g/mol. The number of carbonyl (C=O) groups excluding carboxylic acids is 1. The summed E-state index contributed by atoms with van der Waals surface area (Å²) in [6.45, 7) is 10.9. The van der Waals surface area contributed by atoms with E-state index in [2.05, 4.69) is 48.1 Å². The van der Waals surface area contributed by atoms with Crippen LogP contribution in [0.1, 0.15) is 52.7 Å². The van der Waals surface area contributed by atoms with Crippen molar-refractivity contribution in [2.45, 2.75) is 59.4 Å². The van der Waals surface area contributed by atoms with Gasteiger partial charge in [-0.15, -0.1) is 0 Å². The number of H-pyrrole nitrogens is 1. The predicted octanol–water partition coefficient (Wildman–Crippen LogP) is 3.06. The number of nitrogens with zero attached hydrogens (tertiary/aromatic N) is 2. The molecule has 1 aliphatic rings. The van der Waals surface area contributed by atoms with Crippen LogP contribution in [-0.4, -0.2) is 40.1 Å². The summed E-state index contributed by atoms with van der Waals surface area (Å²) >= 11 is 0. The van der Waals surface area contributed by atoms with Crippen molar-refractivity contribution in [2.75, 3.05) is 18.4 Å². The van der Waals surface area contributed by atoms with Crippen molar-refractivity contribution in [1.29, 1.82) is 0 Å². The molecule has 5 nitrogen and oxygen atoms in total. The molecule has 0 bridgehead atoms. The topological polar surface area (TPSA) is 61.0 Å². The van der Waals surface area contributed by atoms with Crippen molar-refractivity contribution in [2.24, 2.45) is 11.8 Å². The average Bonchev–Trinajstić information content (AvgIpc) is 2.92. The van der Waals surface area contributed by atoms with E-state index in [1.165, 1.54) is 0 Å². The lowest BCUT2D eigenvalue weighted by atomic mass is 9.95. The van der Waals surface area contributed by atoms with Gasteiger partial charge in [0, 0.05) is 23.7 Å². The minimum atomic E-state index is 0.116. The molecule has 1 aromatic heterocycles. The molecule has 124 valence electrons. The van der Waals surface area contributed by atoms with Gasteiger partial charge in [-0.05, 0) is 58.5 Å². The van der Waals surface area contributed by atoms with E-state index < -0.39 is 0 Å². The largest absolute Gasteiger partial charge is 0.309 e. The van der Waals surface area contributed by atoms with Crippen LogP contribution in [0.4, 0.5) is 5.82 Å². The van der Waals surface area contributed by atoms with E-state index in [-0.39, 0.29) is 11.8 Å². The lowest BCUT2D eigenvalue weighted by Crippen LogP contribution is -2.41. The number of aryl methyl sites for hydroxylation is 1. The maximum atomic E-state index is 12.3. The van der Waals surface area contributed by atoms with E-state index in [4.69, 9.17) is 0 Å². The molecule has 1 fully saturated rings. The molecule has 0 radical (unpaired) electrons. The number of amides is 1. The van der Waals surface area contributed by atoms with Crippen LogP contribution < -0.4 is 5.32 Å². The van der Waals surface area contributed by atoms with Crippen LogP contribution in [0.5, 0.6) is 0 Å². The molecule has 2 heterocycles. The van der Waals surface area contributed by atoms with Gasteiger partial charge in [-0.1, -0.05) is 13.8 Å². The SMILES string of the molecule is CC(C)CCc1cc(NC(=O)C2CCN(C(C)C)CC2)n[nH]1. The van der Waals surface area contributed by atoms with Crippen LogP contribution in [0.15, 0.2) is 6.07 Å². The van der Waals surface area contributed by atoms with Gasteiger partial charge in [0.05, 0.1) is 0 Å². The predicted molar refractivity (Wildman–Crippen MR) is 89.8 cm³/mol. The van der Waals surface area contributed by atoms with Crippen molar-refractivity contribution in [1.82, 2.24) is 15.1 Å². The van der Waals surface area contributed by atoms with Crippen LogP contribution in [-0.2, 0) is 11.2 Å². The van der Waals surface area contributed by atoms with Gasteiger partial charge in [0.25, 0.3) is 0 Å². The van der Waals surface area contributed by atoms with Crippen molar-refractivity contribution >= 4 is 11.7 Å². The number of likely N-dealkylation sites (tertiary alicyclic amines) is 1. The molecule has 0 atom stereocenters. The fourth-order valence-corrected chi connectivity index (χ4v) is 2.90. The Hall–Kier alpha value is -1.36. The molecular formula is C17H30N4O. The zero-order chi connectivity index (χ0) is 16.1. The molecule has 5 heteroatoms. The van der Waals surface area contributed by atoms with Gasteiger partial charge in [0.15, 0.2) is 5.82 Å². The summed E-state index contributed by atoms with van der Waals surface area (Å²) in [7, 11) is 0. The summed E-state index contributed by atoms with van der Waals surface area (Å²) in [5, 5.41) is 10.2. The normalized spacial score (nSPS) is 17.4. The number of aromatic amines is 1. The first-order valence-corrected chi connectivity index (χ1v) is 8.55. The molecule has 1 saturated heterocycles. The molecule has 22 heavy (non-hydrogen) atoms. The second-order valence-electron chi connectivity index (χ2n) is 7.10. The Morgan fingerprint density at radius 2 is 2.05 bits per heavy atom. The van der Waals surface area contributed by atoms with Gasteiger partial charge >= 0.3 is 0 Å². The molecule has 2 N–H and O–H groups in total. The lowest BCUT2D eigenvalue weighted by molar-refractivity contribution is -0.121. The standard InChI is InChI=1S/C17H30N4O/c1-12(2)5-6-15-11-16(20-19-15)18-17(22)14-7-9-21(10-8-14)13(3)4/h11-14H,5-10H2,1-4H3,(H2,18,19,20,22). The summed E-state index contributed by atoms with van der Waals surface area (Å²) < 4.78 is 0. The lowest BCUT2D eigenvalue weighted by Gasteiger charge is -2.33. The third-order valence-electron chi connectivity index (χ3n) is 4.50. The molecule has 0 spiro atoms. The summed E-state index contributed by atoms with van der Waals surface area (Å²) in [6.07, 6.45) is 3.99. The molecule has 0 aliphatic carbocycles. The van der Waals surface area contributed by atoms with E-state index in [1.54, 1.807) is 0 Å². The summed E-state index contributed by atoms with van der Waals surface area (Å²) in [4.78, 5) is 14.8. The Kier molecular flexibility index (Phi) is 6.00. The Balaban J connectivity index is 1.80. The van der Waals surface area contributed by atoms with Gasteiger partial charge in [-0.25, -0.2) is 0 Å². The maximum Gasteiger partial charge on any atom is 0.228 e. The van der Waals surface area contributed by atoms with Crippen LogP contribution in [0.3, 0.4) is 0 Å². The van der Waals surface area contributed by atoms with Crippen LogP contribution >= 0.6 is 0 Å². The molecule has 1 aliphatic heterocycles. The number of hydrogen-bond acceptors (Lipinski definition) is 3. The fourth-order valence-electron chi connectivity index (χ4n) is 2.90. The highest BCUT2D eigenvalue weighted by Gasteiger charge is 2.26. The minimum Gasteiger partial charge on any atom is -0.309 e. The highest BCUT2D eigenvalue weighted by atomic mass is 16.2. The molecular weight excluding hydrogens is 276 g/mol. The first-order chi connectivity index (χ1) is 10.5. The zero-order valence-electron chi connectivity index (χ0n) is 14.4.